The highest BCUT2D eigenvalue weighted by Gasteiger charge is 2.26. The Kier molecular flexibility index (Phi) is 6.31. The molecular weight excluding hydrogens is 341 g/mol. The van der Waals surface area contributed by atoms with Crippen LogP contribution in [0.4, 0.5) is 5.69 Å². The summed E-state index contributed by atoms with van der Waals surface area (Å²) in [5.74, 6) is 0.875. The van der Waals surface area contributed by atoms with Gasteiger partial charge in [-0.2, -0.15) is 0 Å². The van der Waals surface area contributed by atoms with Crippen LogP contribution in [-0.4, -0.2) is 43.2 Å². The quantitative estimate of drug-likeness (QED) is 0.852. The summed E-state index contributed by atoms with van der Waals surface area (Å²) < 4.78 is 0. The second-order valence-electron chi connectivity index (χ2n) is 7.49. The van der Waals surface area contributed by atoms with E-state index in [-0.39, 0.29) is 0 Å². The van der Waals surface area contributed by atoms with Crippen LogP contribution in [0.5, 0.6) is 0 Å². The predicted octanol–water partition coefficient (Wildman–Crippen LogP) is 4.41. The van der Waals surface area contributed by atoms with Crippen LogP contribution in [0, 0.1) is 5.92 Å². The second-order valence-corrected chi connectivity index (χ2v) is 8.27. The molecule has 0 spiro atoms. The van der Waals surface area contributed by atoms with Crippen molar-refractivity contribution in [1.29, 1.82) is 0 Å². The van der Waals surface area contributed by atoms with Gasteiger partial charge >= 0.3 is 0 Å². The van der Waals surface area contributed by atoms with Gasteiger partial charge in [0, 0.05) is 31.7 Å². The number of hydrogen-bond acceptors (Lipinski definition) is 3. The van der Waals surface area contributed by atoms with Crippen molar-refractivity contribution in [3.63, 3.8) is 0 Å². The molecule has 3 nitrogen and oxygen atoms in total. The number of rotatable bonds is 4. The molecular formula is C19H29Cl2N3. The summed E-state index contributed by atoms with van der Waals surface area (Å²) in [6.45, 7) is 6.69. The van der Waals surface area contributed by atoms with Crippen LogP contribution in [0.1, 0.15) is 39.0 Å². The lowest BCUT2D eigenvalue weighted by Crippen LogP contribution is -2.52. The molecule has 134 valence electrons. The van der Waals surface area contributed by atoms with Gasteiger partial charge in [-0.3, -0.25) is 4.90 Å². The number of hydrogen-bond donors (Lipinski definition) is 1. The van der Waals surface area contributed by atoms with Gasteiger partial charge in [-0.15, -0.1) is 0 Å². The number of piperazine rings is 1. The highest BCUT2D eigenvalue weighted by molar-refractivity contribution is 6.43. The summed E-state index contributed by atoms with van der Waals surface area (Å²) in [7, 11) is 0. The number of anilines is 1. The van der Waals surface area contributed by atoms with E-state index >= 15 is 0 Å². The fourth-order valence-corrected chi connectivity index (χ4v) is 4.55. The van der Waals surface area contributed by atoms with Crippen molar-refractivity contribution >= 4 is 28.9 Å². The fourth-order valence-electron chi connectivity index (χ4n) is 4.15. The third kappa shape index (κ3) is 4.37. The van der Waals surface area contributed by atoms with Gasteiger partial charge in [-0.25, -0.2) is 0 Å². The molecule has 24 heavy (non-hydrogen) atoms. The molecule has 1 aliphatic heterocycles. The van der Waals surface area contributed by atoms with Crippen molar-refractivity contribution in [3.8, 4) is 0 Å². The number of nitrogens with two attached hydrogens (primary N) is 1. The van der Waals surface area contributed by atoms with Gasteiger partial charge in [0.25, 0.3) is 0 Å². The highest BCUT2D eigenvalue weighted by atomic mass is 35.5. The smallest absolute Gasteiger partial charge is 0.0825 e. The molecule has 1 aromatic carbocycles. The van der Waals surface area contributed by atoms with Gasteiger partial charge in [0.15, 0.2) is 0 Å². The summed E-state index contributed by atoms with van der Waals surface area (Å²) in [6, 6.07) is 6.81. The molecule has 1 saturated carbocycles. The largest absolute Gasteiger partial charge is 0.365 e. The summed E-state index contributed by atoms with van der Waals surface area (Å²) in [5.41, 5.74) is 7.08. The molecule has 1 aromatic rings. The van der Waals surface area contributed by atoms with Crippen LogP contribution in [0.3, 0.4) is 0 Å². The van der Waals surface area contributed by atoms with E-state index in [2.05, 4.69) is 22.8 Å². The van der Waals surface area contributed by atoms with Crippen LogP contribution in [-0.2, 0) is 0 Å². The van der Waals surface area contributed by atoms with E-state index in [4.69, 9.17) is 28.9 Å². The number of nitrogens with zero attached hydrogens (tertiary/aromatic N) is 2. The van der Waals surface area contributed by atoms with E-state index in [0.717, 1.165) is 31.2 Å². The Balaban J connectivity index is 1.51. The topological polar surface area (TPSA) is 32.5 Å². The number of benzene rings is 1. The minimum absolute atomic E-state index is 0.451. The van der Waals surface area contributed by atoms with Gasteiger partial charge < -0.3 is 10.6 Å². The van der Waals surface area contributed by atoms with E-state index in [1.54, 1.807) is 0 Å². The van der Waals surface area contributed by atoms with Crippen LogP contribution in [0.15, 0.2) is 18.2 Å². The first kappa shape index (κ1) is 18.3. The van der Waals surface area contributed by atoms with E-state index in [0.29, 0.717) is 22.1 Å². The minimum atomic E-state index is 0.451. The lowest BCUT2D eigenvalue weighted by molar-refractivity contribution is 0.198. The van der Waals surface area contributed by atoms with Crippen molar-refractivity contribution in [1.82, 2.24) is 4.90 Å². The van der Waals surface area contributed by atoms with Gasteiger partial charge in [0.1, 0.15) is 0 Å². The van der Waals surface area contributed by atoms with Gasteiger partial charge in [-0.1, -0.05) is 29.3 Å². The monoisotopic (exact) mass is 369 g/mol. The Bertz CT molecular complexity index is 543. The molecule has 1 atom stereocenters. The summed E-state index contributed by atoms with van der Waals surface area (Å²) in [6.07, 6.45) is 6.37. The van der Waals surface area contributed by atoms with Crippen LogP contribution < -0.4 is 10.6 Å². The van der Waals surface area contributed by atoms with Crippen molar-refractivity contribution < 1.29 is 0 Å². The molecule has 1 heterocycles. The minimum Gasteiger partial charge on any atom is -0.365 e. The Morgan fingerprint density at radius 3 is 2.58 bits per heavy atom. The molecule has 3 rings (SSSR count). The maximum absolute atomic E-state index is 6.41. The molecule has 0 bridgehead atoms. The van der Waals surface area contributed by atoms with Crippen molar-refractivity contribution in [2.24, 2.45) is 11.7 Å². The van der Waals surface area contributed by atoms with Crippen LogP contribution in [0.25, 0.3) is 0 Å². The molecule has 1 saturated heterocycles. The normalized spacial score (nSPS) is 29.0. The van der Waals surface area contributed by atoms with Crippen molar-refractivity contribution in [2.75, 3.05) is 31.1 Å². The first-order valence-electron chi connectivity index (χ1n) is 9.23. The van der Waals surface area contributed by atoms with Crippen LogP contribution in [0.2, 0.25) is 10.0 Å². The zero-order valence-electron chi connectivity index (χ0n) is 14.6. The van der Waals surface area contributed by atoms with Gasteiger partial charge in [0.2, 0.25) is 0 Å². The molecule has 2 aliphatic rings. The summed E-state index contributed by atoms with van der Waals surface area (Å²) >= 11 is 12.6. The Morgan fingerprint density at radius 2 is 1.88 bits per heavy atom. The van der Waals surface area contributed by atoms with Gasteiger partial charge in [-0.05, 0) is 63.6 Å². The zero-order chi connectivity index (χ0) is 17.1. The van der Waals surface area contributed by atoms with E-state index in [1.807, 2.05) is 12.1 Å². The third-order valence-corrected chi connectivity index (χ3v) is 6.51. The second kappa shape index (κ2) is 8.27. The molecule has 2 fully saturated rings. The molecule has 1 aliphatic carbocycles. The van der Waals surface area contributed by atoms with Gasteiger partial charge in [0.05, 0.1) is 15.7 Å². The molecule has 5 heteroatoms. The standard InChI is InChI=1S/C19H29Cl2N3/c1-14-13-23(10-9-15-5-7-16(22)8-6-15)11-12-24(14)18-4-2-3-17(20)19(18)21/h2-4,14-16H,5-13,22H2,1H3/t14-,15?,16?/m0/s1. The Morgan fingerprint density at radius 1 is 1.12 bits per heavy atom. The molecule has 0 radical (unpaired) electrons. The predicted molar refractivity (Wildman–Crippen MR) is 104 cm³/mol. The maximum Gasteiger partial charge on any atom is 0.0825 e. The molecule has 0 aromatic heterocycles. The first-order valence-corrected chi connectivity index (χ1v) is 9.98. The van der Waals surface area contributed by atoms with Crippen LogP contribution >= 0.6 is 23.2 Å². The Hall–Kier alpha value is -0.480. The summed E-state index contributed by atoms with van der Waals surface area (Å²) in [5, 5.41) is 1.32. The molecule has 2 N–H and O–H groups in total. The number of halogens is 2. The highest BCUT2D eigenvalue weighted by Crippen LogP contribution is 2.34. The Labute approximate surface area is 156 Å². The van der Waals surface area contributed by atoms with Crippen molar-refractivity contribution in [2.45, 2.75) is 51.1 Å². The fraction of sp³-hybridized carbons (Fsp3) is 0.684. The van der Waals surface area contributed by atoms with Crippen molar-refractivity contribution in [3.05, 3.63) is 28.2 Å². The third-order valence-electron chi connectivity index (χ3n) is 5.70. The lowest BCUT2D eigenvalue weighted by atomic mass is 9.84. The SMILES string of the molecule is C[C@H]1CN(CCC2CCC(N)CC2)CCN1c1cccc(Cl)c1Cl. The molecule has 0 amide bonds. The average molecular weight is 370 g/mol. The van der Waals surface area contributed by atoms with E-state index < -0.39 is 0 Å². The maximum atomic E-state index is 6.41. The average Bonchev–Trinajstić information content (AvgIpc) is 2.57. The van der Waals surface area contributed by atoms with E-state index in [9.17, 15) is 0 Å². The molecule has 0 unspecified atom stereocenters. The van der Waals surface area contributed by atoms with E-state index in [1.165, 1.54) is 38.6 Å². The lowest BCUT2D eigenvalue weighted by Gasteiger charge is -2.42. The summed E-state index contributed by atoms with van der Waals surface area (Å²) in [4.78, 5) is 5.00. The zero-order valence-corrected chi connectivity index (χ0v) is 16.1. The first-order chi connectivity index (χ1) is 11.5.